The van der Waals surface area contributed by atoms with E-state index in [0.717, 1.165) is 19.4 Å². The normalized spacial score (nSPS) is 16.8. The fraction of sp³-hybridized carbons (Fsp3) is 0.500. The maximum absolute atomic E-state index is 12.3. The number of nitrogens with one attached hydrogen (secondary N) is 1. The Morgan fingerprint density at radius 2 is 1.93 bits per heavy atom. The van der Waals surface area contributed by atoms with Gasteiger partial charge in [-0.2, -0.15) is 0 Å². The molecular weight excluding hydrogens is 342 g/mol. The van der Waals surface area contributed by atoms with Crippen molar-refractivity contribution in [2.24, 2.45) is 5.92 Å². The standard InChI is InChI=1S/C20H25N5O2/c26-19(8-4-7-15-5-2-1-3-6-15)24-12-17(13-24)25-14-18(22-23-25)20(27)21-11-16-9-10-16/h1-3,5-6,14,16-17H,4,7-13H2,(H,21,27). The molecular formula is C20H25N5O2. The van der Waals surface area contributed by atoms with Crippen LogP contribution in [0.25, 0.3) is 0 Å². The van der Waals surface area contributed by atoms with Gasteiger partial charge < -0.3 is 10.2 Å². The van der Waals surface area contributed by atoms with Crippen LogP contribution in [0.15, 0.2) is 36.5 Å². The number of hydrogen-bond acceptors (Lipinski definition) is 4. The number of aromatic nitrogens is 3. The summed E-state index contributed by atoms with van der Waals surface area (Å²) in [5.74, 6) is 0.656. The van der Waals surface area contributed by atoms with Gasteiger partial charge in [0, 0.05) is 26.1 Å². The molecule has 2 aliphatic rings. The number of carbonyl (C=O) groups is 2. The van der Waals surface area contributed by atoms with Crippen LogP contribution >= 0.6 is 0 Å². The average Bonchev–Trinajstić information content (AvgIpc) is 3.35. The van der Waals surface area contributed by atoms with Gasteiger partial charge in [-0.15, -0.1) is 5.10 Å². The predicted octanol–water partition coefficient (Wildman–Crippen LogP) is 1.82. The van der Waals surface area contributed by atoms with Gasteiger partial charge in [-0.1, -0.05) is 35.5 Å². The topological polar surface area (TPSA) is 80.1 Å². The van der Waals surface area contributed by atoms with E-state index in [1.807, 2.05) is 23.1 Å². The first-order valence-electron chi connectivity index (χ1n) is 9.71. The van der Waals surface area contributed by atoms with E-state index in [1.165, 1.54) is 18.4 Å². The summed E-state index contributed by atoms with van der Waals surface area (Å²) in [5, 5.41) is 10.9. The summed E-state index contributed by atoms with van der Waals surface area (Å²) >= 11 is 0. The molecule has 7 nitrogen and oxygen atoms in total. The van der Waals surface area contributed by atoms with E-state index in [-0.39, 0.29) is 17.9 Å². The lowest BCUT2D eigenvalue weighted by Gasteiger charge is -2.39. The zero-order valence-electron chi connectivity index (χ0n) is 15.4. The summed E-state index contributed by atoms with van der Waals surface area (Å²) in [6.45, 7) is 1.99. The third-order valence-corrected chi connectivity index (χ3v) is 5.28. The van der Waals surface area contributed by atoms with Gasteiger partial charge in [-0.3, -0.25) is 9.59 Å². The van der Waals surface area contributed by atoms with Gasteiger partial charge in [0.05, 0.1) is 12.2 Å². The largest absolute Gasteiger partial charge is 0.350 e. The van der Waals surface area contributed by atoms with E-state index in [2.05, 4.69) is 27.8 Å². The van der Waals surface area contributed by atoms with Crippen molar-refractivity contribution in [1.82, 2.24) is 25.2 Å². The van der Waals surface area contributed by atoms with Gasteiger partial charge in [-0.05, 0) is 37.2 Å². The van der Waals surface area contributed by atoms with Crippen LogP contribution in [-0.4, -0.2) is 51.3 Å². The second-order valence-corrected chi connectivity index (χ2v) is 7.53. The Morgan fingerprint density at radius 3 is 2.67 bits per heavy atom. The van der Waals surface area contributed by atoms with E-state index in [4.69, 9.17) is 0 Å². The second-order valence-electron chi connectivity index (χ2n) is 7.53. The molecule has 0 radical (unpaired) electrons. The minimum absolute atomic E-state index is 0.112. The van der Waals surface area contributed by atoms with Gasteiger partial charge in [0.25, 0.3) is 5.91 Å². The summed E-state index contributed by atoms with van der Waals surface area (Å²) in [4.78, 5) is 26.2. The number of likely N-dealkylation sites (tertiary alicyclic amines) is 1. The molecule has 0 spiro atoms. The zero-order valence-corrected chi connectivity index (χ0v) is 15.4. The smallest absolute Gasteiger partial charge is 0.273 e. The zero-order chi connectivity index (χ0) is 18.6. The summed E-state index contributed by atoms with van der Waals surface area (Å²) in [6, 6.07) is 10.3. The molecule has 1 saturated carbocycles. The molecule has 7 heteroatoms. The number of hydrogen-bond donors (Lipinski definition) is 1. The molecule has 2 amide bonds. The SMILES string of the molecule is O=C(NCC1CC1)c1cn(C2CN(C(=O)CCCc3ccccc3)C2)nn1. The summed E-state index contributed by atoms with van der Waals surface area (Å²) < 4.78 is 1.71. The van der Waals surface area contributed by atoms with E-state index < -0.39 is 0 Å². The number of aryl methyl sites for hydroxylation is 1. The lowest BCUT2D eigenvalue weighted by Crippen LogP contribution is -2.50. The highest BCUT2D eigenvalue weighted by atomic mass is 16.2. The number of nitrogens with zero attached hydrogens (tertiary/aromatic N) is 4. The van der Waals surface area contributed by atoms with Crippen molar-refractivity contribution in [2.45, 2.75) is 38.1 Å². The quantitative estimate of drug-likeness (QED) is 0.772. The van der Waals surface area contributed by atoms with Crippen LogP contribution in [0.1, 0.15) is 47.8 Å². The van der Waals surface area contributed by atoms with Crippen LogP contribution in [0.2, 0.25) is 0 Å². The molecule has 0 atom stereocenters. The third-order valence-electron chi connectivity index (χ3n) is 5.28. The van der Waals surface area contributed by atoms with Crippen LogP contribution in [0.5, 0.6) is 0 Å². The van der Waals surface area contributed by atoms with E-state index in [1.54, 1.807) is 10.9 Å². The molecule has 1 aromatic carbocycles. The molecule has 0 unspecified atom stereocenters. The fourth-order valence-electron chi connectivity index (χ4n) is 3.28. The lowest BCUT2D eigenvalue weighted by molar-refractivity contribution is -0.137. The van der Waals surface area contributed by atoms with Crippen LogP contribution < -0.4 is 5.32 Å². The molecule has 1 aliphatic heterocycles. The highest BCUT2D eigenvalue weighted by Gasteiger charge is 2.32. The fourth-order valence-corrected chi connectivity index (χ4v) is 3.28. The Balaban J connectivity index is 1.18. The van der Waals surface area contributed by atoms with Crippen LogP contribution in [0.4, 0.5) is 0 Å². The number of carbonyl (C=O) groups excluding carboxylic acids is 2. The van der Waals surface area contributed by atoms with Gasteiger partial charge in [0.15, 0.2) is 5.69 Å². The summed E-state index contributed by atoms with van der Waals surface area (Å²) in [7, 11) is 0. The first kappa shape index (κ1) is 17.7. The Labute approximate surface area is 158 Å². The number of benzene rings is 1. The van der Waals surface area contributed by atoms with Gasteiger partial charge in [-0.25, -0.2) is 4.68 Å². The Morgan fingerprint density at radius 1 is 1.15 bits per heavy atom. The van der Waals surface area contributed by atoms with Crippen molar-refractivity contribution in [3.63, 3.8) is 0 Å². The number of rotatable bonds is 8. The molecule has 2 aromatic rings. The van der Waals surface area contributed by atoms with Crippen molar-refractivity contribution in [3.8, 4) is 0 Å². The summed E-state index contributed by atoms with van der Waals surface area (Å²) in [5.41, 5.74) is 1.62. The molecule has 4 rings (SSSR count). The molecule has 27 heavy (non-hydrogen) atoms. The maximum atomic E-state index is 12.3. The van der Waals surface area contributed by atoms with Crippen molar-refractivity contribution in [3.05, 3.63) is 47.8 Å². The van der Waals surface area contributed by atoms with Gasteiger partial charge in [0.2, 0.25) is 5.91 Å². The Kier molecular flexibility index (Phi) is 5.18. The van der Waals surface area contributed by atoms with Crippen LogP contribution in [-0.2, 0) is 11.2 Å². The predicted molar refractivity (Wildman–Crippen MR) is 100 cm³/mol. The minimum atomic E-state index is -0.165. The van der Waals surface area contributed by atoms with Crippen molar-refractivity contribution in [2.75, 3.05) is 19.6 Å². The molecule has 1 N–H and O–H groups in total. The number of amides is 2. The molecule has 1 saturated heterocycles. The molecule has 2 fully saturated rings. The van der Waals surface area contributed by atoms with Crippen LogP contribution in [0, 0.1) is 5.92 Å². The Hall–Kier alpha value is -2.70. The third kappa shape index (κ3) is 4.53. The summed E-state index contributed by atoms with van der Waals surface area (Å²) in [6.07, 6.45) is 6.43. The lowest BCUT2D eigenvalue weighted by atomic mass is 10.1. The maximum Gasteiger partial charge on any atom is 0.273 e. The second kappa shape index (κ2) is 7.90. The van der Waals surface area contributed by atoms with Crippen molar-refractivity contribution in [1.29, 1.82) is 0 Å². The highest BCUT2D eigenvalue weighted by molar-refractivity contribution is 5.91. The Bertz CT molecular complexity index is 794. The molecule has 1 aliphatic carbocycles. The molecule has 1 aromatic heterocycles. The first-order chi connectivity index (χ1) is 13.2. The van der Waals surface area contributed by atoms with Crippen molar-refractivity contribution < 1.29 is 9.59 Å². The minimum Gasteiger partial charge on any atom is -0.350 e. The van der Waals surface area contributed by atoms with E-state index in [9.17, 15) is 9.59 Å². The molecule has 0 bridgehead atoms. The van der Waals surface area contributed by atoms with Crippen molar-refractivity contribution >= 4 is 11.8 Å². The van der Waals surface area contributed by atoms with E-state index >= 15 is 0 Å². The average molecular weight is 367 g/mol. The monoisotopic (exact) mass is 367 g/mol. The molecule has 2 heterocycles. The van der Waals surface area contributed by atoms with Gasteiger partial charge in [0.1, 0.15) is 0 Å². The first-order valence-corrected chi connectivity index (χ1v) is 9.71. The molecule has 142 valence electrons. The van der Waals surface area contributed by atoms with Gasteiger partial charge >= 0.3 is 0 Å². The highest BCUT2D eigenvalue weighted by Crippen LogP contribution is 2.27. The van der Waals surface area contributed by atoms with E-state index in [0.29, 0.717) is 31.1 Å². The van der Waals surface area contributed by atoms with Crippen LogP contribution in [0.3, 0.4) is 0 Å².